The third-order valence-corrected chi connectivity index (χ3v) is 3.47. The lowest BCUT2D eigenvalue weighted by atomic mass is 10.2. The van der Waals surface area contributed by atoms with E-state index in [1.165, 1.54) is 0 Å². The molecule has 1 aliphatic heterocycles. The van der Waals surface area contributed by atoms with Gasteiger partial charge >= 0.3 is 0 Å². The Morgan fingerprint density at radius 2 is 2.00 bits per heavy atom. The van der Waals surface area contributed by atoms with Gasteiger partial charge in [0.2, 0.25) is 0 Å². The van der Waals surface area contributed by atoms with Crippen LogP contribution in [0.25, 0.3) is 0 Å². The quantitative estimate of drug-likeness (QED) is 0.814. The Morgan fingerprint density at radius 3 is 2.71 bits per heavy atom. The molecule has 1 aromatic rings. The highest BCUT2D eigenvalue weighted by atomic mass is 19.1. The Kier molecular flexibility index (Phi) is 6.07. The van der Waals surface area contributed by atoms with Crippen molar-refractivity contribution in [1.82, 2.24) is 10.2 Å². The lowest BCUT2D eigenvalue weighted by Gasteiger charge is -2.26. The van der Waals surface area contributed by atoms with E-state index in [-0.39, 0.29) is 5.56 Å². The van der Waals surface area contributed by atoms with Crippen molar-refractivity contribution in [2.45, 2.75) is 12.8 Å². The number of amides is 1. The second kappa shape index (κ2) is 8.05. The van der Waals surface area contributed by atoms with Gasteiger partial charge in [-0.05, 0) is 31.5 Å². The van der Waals surface area contributed by atoms with Gasteiger partial charge in [-0.1, -0.05) is 0 Å². The van der Waals surface area contributed by atoms with E-state index in [1.54, 1.807) is 0 Å². The molecule has 21 heavy (non-hydrogen) atoms. The lowest BCUT2D eigenvalue weighted by molar-refractivity contribution is 0.0372. The standard InChI is InChI=1S/C15H20F2N2O2/c16-12-3-4-13(14(17)11-12)15(20)18-5-1-2-6-19-7-9-21-10-8-19/h3-4,11H,1-2,5-10H2,(H,18,20). The molecule has 116 valence electrons. The van der Waals surface area contributed by atoms with Gasteiger partial charge in [-0.25, -0.2) is 8.78 Å². The number of rotatable bonds is 6. The minimum atomic E-state index is -0.833. The molecular weight excluding hydrogens is 278 g/mol. The summed E-state index contributed by atoms with van der Waals surface area (Å²) in [5.41, 5.74) is -0.121. The Bertz CT molecular complexity index is 477. The highest BCUT2D eigenvalue weighted by Crippen LogP contribution is 2.09. The third-order valence-electron chi connectivity index (χ3n) is 3.47. The van der Waals surface area contributed by atoms with E-state index >= 15 is 0 Å². The average molecular weight is 298 g/mol. The lowest BCUT2D eigenvalue weighted by Crippen LogP contribution is -2.37. The zero-order valence-electron chi connectivity index (χ0n) is 11.9. The summed E-state index contributed by atoms with van der Waals surface area (Å²) in [5.74, 6) is -2.02. The van der Waals surface area contributed by atoms with Crippen LogP contribution in [0.2, 0.25) is 0 Å². The molecule has 1 aliphatic rings. The number of carbonyl (C=O) groups is 1. The van der Waals surface area contributed by atoms with Crippen LogP contribution in [0.5, 0.6) is 0 Å². The van der Waals surface area contributed by atoms with Crippen LogP contribution in [0.4, 0.5) is 8.78 Å². The summed E-state index contributed by atoms with van der Waals surface area (Å²) in [6, 6.07) is 2.96. The van der Waals surface area contributed by atoms with Crippen molar-refractivity contribution < 1.29 is 18.3 Å². The summed E-state index contributed by atoms with van der Waals surface area (Å²) in [4.78, 5) is 14.1. The van der Waals surface area contributed by atoms with E-state index < -0.39 is 17.5 Å². The topological polar surface area (TPSA) is 41.6 Å². The zero-order chi connectivity index (χ0) is 15.1. The fourth-order valence-corrected chi connectivity index (χ4v) is 2.26. The number of hydrogen-bond acceptors (Lipinski definition) is 3. The molecule has 1 fully saturated rings. The monoisotopic (exact) mass is 298 g/mol. The van der Waals surface area contributed by atoms with Crippen molar-refractivity contribution in [3.63, 3.8) is 0 Å². The van der Waals surface area contributed by atoms with E-state index in [1.807, 2.05) is 0 Å². The molecule has 0 bridgehead atoms. The number of benzene rings is 1. The van der Waals surface area contributed by atoms with Gasteiger partial charge in [0.25, 0.3) is 5.91 Å². The average Bonchev–Trinajstić information content (AvgIpc) is 2.47. The maximum atomic E-state index is 13.4. The highest BCUT2D eigenvalue weighted by molar-refractivity contribution is 5.94. The first-order chi connectivity index (χ1) is 10.2. The van der Waals surface area contributed by atoms with Gasteiger partial charge < -0.3 is 10.1 Å². The first-order valence-electron chi connectivity index (χ1n) is 7.20. The molecule has 0 atom stereocenters. The van der Waals surface area contributed by atoms with Gasteiger partial charge in [0.15, 0.2) is 0 Å². The summed E-state index contributed by atoms with van der Waals surface area (Å²) in [6.07, 6.45) is 1.79. The van der Waals surface area contributed by atoms with Gasteiger partial charge in [-0.3, -0.25) is 9.69 Å². The zero-order valence-corrected chi connectivity index (χ0v) is 11.9. The summed E-state index contributed by atoms with van der Waals surface area (Å²) < 4.78 is 31.4. The van der Waals surface area contributed by atoms with Crippen molar-refractivity contribution >= 4 is 5.91 Å². The van der Waals surface area contributed by atoms with Crippen molar-refractivity contribution in [1.29, 1.82) is 0 Å². The number of nitrogens with one attached hydrogen (secondary N) is 1. The van der Waals surface area contributed by atoms with Gasteiger partial charge in [0.1, 0.15) is 11.6 Å². The fraction of sp³-hybridized carbons (Fsp3) is 0.533. The molecule has 6 heteroatoms. The van der Waals surface area contributed by atoms with E-state index in [2.05, 4.69) is 10.2 Å². The SMILES string of the molecule is O=C(NCCCCN1CCOCC1)c1ccc(F)cc1F. The Balaban J connectivity index is 1.64. The van der Waals surface area contributed by atoms with Gasteiger partial charge in [-0.2, -0.15) is 0 Å². The largest absolute Gasteiger partial charge is 0.379 e. The van der Waals surface area contributed by atoms with Gasteiger partial charge in [-0.15, -0.1) is 0 Å². The number of morpholine rings is 1. The van der Waals surface area contributed by atoms with E-state index in [0.29, 0.717) is 12.6 Å². The molecule has 0 unspecified atom stereocenters. The van der Waals surface area contributed by atoms with Crippen molar-refractivity contribution in [2.24, 2.45) is 0 Å². The molecule has 0 aromatic heterocycles. The van der Waals surface area contributed by atoms with Crippen LogP contribution in [0.15, 0.2) is 18.2 Å². The second-order valence-electron chi connectivity index (χ2n) is 5.04. The predicted molar refractivity (Wildman–Crippen MR) is 75.2 cm³/mol. The van der Waals surface area contributed by atoms with E-state index in [0.717, 1.165) is 57.8 Å². The van der Waals surface area contributed by atoms with Crippen LogP contribution in [0.1, 0.15) is 23.2 Å². The molecule has 0 spiro atoms. The van der Waals surface area contributed by atoms with Gasteiger partial charge in [0, 0.05) is 25.7 Å². The molecular formula is C15H20F2N2O2. The molecule has 2 rings (SSSR count). The molecule has 0 radical (unpaired) electrons. The first-order valence-corrected chi connectivity index (χ1v) is 7.20. The first kappa shape index (κ1) is 15.9. The van der Waals surface area contributed by atoms with Crippen LogP contribution in [-0.2, 0) is 4.74 Å². The van der Waals surface area contributed by atoms with Crippen LogP contribution in [0, 0.1) is 11.6 Å². The van der Waals surface area contributed by atoms with Crippen LogP contribution in [0.3, 0.4) is 0 Å². The number of hydrogen-bond donors (Lipinski definition) is 1. The van der Waals surface area contributed by atoms with Crippen LogP contribution < -0.4 is 5.32 Å². The minimum absolute atomic E-state index is 0.121. The molecule has 1 N–H and O–H groups in total. The number of unbranched alkanes of at least 4 members (excludes halogenated alkanes) is 1. The molecule has 1 heterocycles. The maximum absolute atomic E-state index is 13.4. The minimum Gasteiger partial charge on any atom is -0.379 e. The molecule has 1 amide bonds. The maximum Gasteiger partial charge on any atom is 0.254 e. The third kappa shape index (κ3) is 5.06. The van der Waals surface area contributed by atoms with Crippen LogP contribution >= 0.6 is 0 Å². The molecule has 0 saturated carbocycles. The fourth-order valence-electron chi connectivity index (χ4n) is 2.26. The molecule has 1 aromatic carbocycles. The molecule has 4 nitrogen and oxygen atoms in total. The summed E-state index contributed by atoms with van der Waals surface area (Å²) >= 11 is 0. The molecule has 0 aliphatic carbocycles. The highest BCUT2D eigenvalue weighted by Gasteiger charge is 2.12. The predicted octanol–water partition coefficient (Wildman–Crippen LogP) is 1.81. The van der Waals surface area contributed by atoms with Crippen molar-refractivity contribution in [3.8, 4) is 0 Å². The number of carbonyl (C=O) groups excluding carboxylic acids is 1. The Morgan fingerprint density at radius 1 is 1.24 bits per heavy atom. The van der Waals surface area contributed by atoms with Crippen LogP contribution in [-0.4, -0.2) is 50.2 Å². The number of ether oxygens (including phenoxy) is 1. The summed E-state index contributed by atoms with van der Waals surface area (Å²) in [6.45, 7) is 4.92. The molecule has 1 saturated heterocycles. The van der Waals surface area contributed by atoms with E-state index in [4.69, 9.17) is 4.74 Å². The normalized spacial score (nSPS) is 15.9. The van der Waals surface area contributed by atoms with E-state index in [9.17, 15) is 13.6 Å². The number of nitrogens with zero attached hydrogens (tertiary/aromatic N) is 1. The Labute approximate surface area is 123 Å². The van der Waals surface area contributed by atoms with Gasteiger partial charge in [0.05, 0.1) is 18.8 Å². The summed E-state index contributed by atoms with van der Waals surface area (Å²) in [7, 11) is 0. The smallest absolute Gasteiger partial charge is 0.254 e. The van der Waals surface area contributed by atoms with Crippen molar-refractivity contribution in [2.75, 3.05) is 39.4 Å². The Hall–Kier alpha value is -1.53. The van der Waals surface area contributed by atoms with Crippen molar-refractivity contribution in [3.05, 3.63) is 35.4 Å². The second-order valence-corrected chi connectivity index (χ2v) is 5.04. The summed E-state index contributed by atoms with van der Waals surface area (Å²) in [5, 5.41) is 2.65. The number of halogens is 2.